The van der Waals surface area contributed by atoms with Crippen LogP contribution in [0.1, 0.15) is 76.2 Å². The van der Waals surface area contributed by atoms with Crippen LogP contribution in [0.25, 0.3) is 0 Å². The van der Waals surface area contributed by atoms with Crippen molar-refractivity contribution in [3.05, 3.63) is 15.1 Å². The number of hydrogen-bond acceptors (Lipinski definition) is 3. The van der Waals surface area contributed by atoms with Crippen molar-refractivity contribution in [2.45, 2.75) is 71.1 Å². The molecule has 1 N–H and O–H groups in total. The molecule has 0 bridgehead atoms. The summed E-state index contributed by atoms with van der Waals surface area (Å²) in [5.74, 6) is 2.71. The third-order valence-corrected chi connectivity index (χ3v) is 5.17. The first-order chi connectivity index (χ1) is 9.76. The lowest BCUT2D eigenvalue weighted by Gasteiger charge is -2.17. The van der Waals surface area contributed by atoms with Crippen LogP contribution in [0.4, 0.5) is 5.82 Å². The lowest BCUT2D eigenvalue weighted by atomic mass is 9.99. The molecule has 4 heteroatoms. The van der Waals surface area contributed by atoms with Gasteiger partial charge in [0.25, 0.3) is 0 Å². The summed E-state index contributed by atoms with van der Waals surface area (Å²) < 4.78 is 1.20. The van der Waals surface area contributed by atoms with E-state index in [1.54, 1.807) is 0 Å². The summed E-state index contributed by atoms with van der Waals surface area (Å²) in [5, 5.41) is 3.47. The van der Waals surface area contributed by atoms with Crippen LogP contribution in [0.3, 0.4) is 0 Å². The highest BCUT2D eigenvalue weighted by atomic mass is 127. The van der Waals surface area contributed by atoms with Gasteiger partial charge in [-0.3, -0.25) is 0 Å². The Balaban J connectivity index is 2.26. The number of rotatable bonds is 5. The van der Waals surface area contributed by atoms with Crippen LogP contribution in [0, 0.1) is 3.57 Å². The van der Waals surface area contributed by atoms with Gasteiger partial charge in [0.05, 0.1) is 9.26 Å². The van der Waals surface area contributed by atoms with E-state index in [4.69, 9.17) is 9.97 Å². The van der Waals surface area contributed by atoms with Gasteiger partial charge in [0, 0.05) is 12.5 Å². The lowest BCUT2D eigenvalue weighted by Crippen LogP contribution is -2.13. The van der Waals surface area contributed by atoms with E-state index >= 15 is 0 Å². The van der Waals surface area contributed by atoms with Crippen LogP contribution in [0.2, 0.25) is 0 Å². The van der Waals surface area contributed by atoms with E-state index in [0.717, 1.165) is 31.0 Å². The van der Waals surface area contributed by atoms with E-state index in [0.29, 0.717) is 5.92 Å². The molecule has 0 aromatic carbocycles. The molecule has 0 amide bonds. The first kappa shape index (κ1) is 16.0. The minimum Gasteiger partial charge on any atom is -0.369 e. The van der Waals surface area contributed by atoms with Gasteiger partial charge in [0.1, 0.15) is 11.6 Å². The van der Waals surface area contributed by atoms with Gasteiger partial charge in [0.2, 0.25) is 0 Å². The predicted molar refractivity (Wildman–Crippen MR) is 93.4 cm³/mol. The average molecular weight is 387 g/mol. The molecule has 112 valence electrons. The van der Waals surface area contributed by atoms with Gasteiger partial charge in [-0.2, -0.15) is 0 Å². The minimum atomic E-state index is 0.571. The van der Waals surface area contributed by atoms with Gasteiger partial charge in [0.15, 0.2) is 0 Å². The summed E-state index contributed by atoms with van der Waals surface area (Å²) >= 11 is 2.39. The predicted octanol–water partition coefficient (Wildman–Crippen LogP) is 4.90. The number of nitrogens with zero attached hydrogens (tertiary/aromatic N) is 2. The molecule has 0 radical (unpaired) electrons. The molecule has 0 atom stereocenters. The van der Waals surface area contributed by atoms with Crippen molar-refractivity contribution < 1.29 is 0 Å². The molecule has 1 aliphatic carbocycles. The van der Waals surface area contributed by atoms with E-state index < -0.39 is 0 Å². The van der Waals surface area contributed by atoms with E-state index in [1.807, 2.05) is 0 Å². The monoisotopic (exact) mass is 387 g/mol. The second-order valence-electron chi connectivity index (χ2n) is 5.66. The maximum absolute atomic E-state index is 4.87. The molecule has 3 nitrogen and oxygen atoms in total. The van der Waals surface area contributed by atoms with Gasteiger partial charge in [-0.15, -0.1) is 0 Å². The summed E-state index contributed by atoms with van der Waals surface area (Å²) in [6.45, 7) is 5.36. The normalized spacial score (nSPS) is 16.9. The highest BCUT2D eigenvalue weighted by molar-refractivity contribution is 14.1. The van der Waals surface area contributed by atoms with Crippen LogP contribution in [0.15, 0.2) is 0 Å². The Bertz CT molecular complexity index is 426. The second kappa shape index (κ2) is 8.15. The maximum atomic E-state index is 4.87. The van der Waals surface area contributed by atoms with Crippen molar-refractivity contribution in [2.24, 2.45) is 0 Å². The number of anilines is 1. The first-order valence-corrected chi connectivity index (χ1v) is 9.14. The molecule has 0 saturated heterocycles. The molecule has 20 heavy (non-hydrogen) atoms. The Morgan fingerprint density at radius 2 is 1.80 bits per heavy atom. The number of aromatic nitrogens is 2. The molecular weight excluding hydrogens is 361 g/mol. The van der Waals surface area contributed by atoms with Crippen molar-refractivity contribution >= 4 is 28.4 Å². The van der Waals surface area contributed by atoms with Gasteiger partial charge in [-0.1, -0.05) is 39.5 Å². The highest BCUT2D eigenvalue weighted by Gasteiger charge is 2.20. The standard InChI is InChI=1S/C16H26IN3/c1-3-11-18-16-14(17)13(4-2)19-15(20-16)12-9-7-5-6-8-10-12/h12H,3-11H2,1-2H3,(H,18,19,20). The van der Waals surface area contributed by atoms with Crippen LogP contribution >= 0.6 is 22.6 Å². The zero-order chi connectivity index (χ0) is 14.4. The zero-order valence-corrected chi connectivity index (χ0v) is 14.9. The zero-order valence-electron chi connectivity index (χ0n) is 12.7. The Morgan fingerprint density at radius 1 is 1.10 bits per heavy atom. The first-order valence-electron chi connectivity index (χ1n) is 8.06. The fraction of sp³-hybridized carbons (Fsp3) is 0.750. The SMILES string of the molecule is CCCNc1nc(C2CCCCCC2)nc(CC)c1I. The summed E-state index contributed by atoms with van der Waals surface area (Å²) in [4.78, 5) is 9.72. The molecule has 1 aliphatic rings. The summed E-state index contributed by atoms with van der Waals surface area (Å²) in [7, 11) is 0. The van der Waals surface area contributed by atoms with Crippen LogP contribution < -0.4 is 5.32 Å². The molecule has 1 aromatic heterocycles. The molecule has 0 unspecified atom stereocenters. The van der Waals surface area contributed by atoms with Gasteiger partial charge < -0.3 is 5.32 Å². The quantitative estimate of drug-likeness (QED) is 0.577. The van der Waals surface area contributed by atoms with E-state index in [9.17, 15) is 0 Å². The highest BCUT2D eigenvalue weighted by Crippen LogP contribution is 2.31. The number of hydrogen-bond donors (Lipinski definition) is 1. The number of aryl methyl sites for hydroxylation is 1. The van der Waals surface area contributed by atoms with Gasteiger partial charge in [-0.25, -0.2) is 9.97 Å². The van der Waals surface area contributed by atoms with Crippen LogP contribution in [0.5, 0.6) is 0 Å². The van der Waals surface area contributed by atoms with E-state index in [2.05, 4.69) is 41.8 Å². The molecule has 1 heterocycles. The largest absolute Gasteiger partial charge is 0.369 e. The maximum Gasteiger partial charge on any atom is 0.143 e. The summed E-state index contributed by atoms with van der Waals surface area (Å²) in [6, 6.07) is 0. The molecule has 0 spiro atoms. The van der Waals surface area contributed by atoms with E-state index in [-0.39, 0.29) is 0 Å². The van der Waals surface area contributed by atoms with Crippen molar-refractivity contribution in [1.29, 1.82) is 0 Å². The van der Waals surface area contributed by atoms with Crippen LogP contribution in [-0.4, -0.2) is 16.5 Å². The Morgan fingerprint density at radius 3 is 2.40 bits per heavy atom. The van der Waals surface area contributed by atoms with E-state index in [1.165, 1.54) is 47.8 Å². The lowest BCUT2D eigenvalue weighted by molar-refractivity contribution is 0.557. The Labute approximate surface area is 136 Å². The smallest absolute Gasteiger partial charge is 0.143 e. The van der Waals surface area contributed by atoms with Crippen LogP contribution in [-0.2, 0) is 6.42 Å². The van der Waals surface area contributed by atoms with Crippen molar-refractivity contribution in [3.63, 3.8) is 0 Å². The topological polar surface area (TPSA) is 37.8 Å². The van der Waals surface area contributed by atoms with Gasteiger partial charge in [-0.05, 0) is 48.3 Å². The Kier molecular flexibility index (Phi) is 6.52. The molecule has 0 aliphatic heterocycles. The number of halogens is 1. The fourth-order valence-corrected chi connectivity index (χ4v) is 3.64. The molecule has 1 saturated carbocycles. The van der Waals surface area contributed by atoms with Crippen molar-refractivity contribution in [1.82, 2.24) is 9.97 Å². The third kappa shape index (κ3) is 4.06. The average Bonchev–Trinajstić information content (AvgIpc) is 2.75. The second-order valence-corrected chi connectivity index (χ2v) is 6.74. The minimum absolute atomic E-state index is 0.571. The summed E-state index contributed by atoms with van der Waals surface area (Å²) in [6.07, 6.45) is 10.1. The van der Waals surface area contributed by atoms with Crippen molar-refractivity contribution in [3.8, 4) is 0 Å². The fourth-order valence-electron chi connectivity index (χ4n) is 2.83. The Hall–Kier alpha value is -0.390. The van der Waals surface area contributed by atoms with Crippen molar-refractivity contribution in [2.75, 3.05) is 11.9 Å². The summed E-state index contributed by atoms with van der Waals surface area (Å²) in [5.41, 5.74) is 1.21. The number of nitrogens with one attached hydrogen (secondary N) is 1. The molecular formula is C16H26IN3. The molecule has 1 fully saturated rings. The molecule has 1 aromatic rings. The molecule has 2 rings (SSSR count). The van der Waals surface area contributed by atoms with Gasteiger partial charge >= 0.3 is 0 Å². The third-order valence-electron chi connectivity index (χ3n) is 4.03.